The van der Waals surface area contributed by atoms with Gasteiger partial charge in [-0.15, -0.1) is 0 Å². The highest BCUT2D eigenvalue weighted by atomic mass is 16.6. The number of hydrogen-bond acceptors (Lipinski definition) is 1. The lowest BCUT2D eigenvalue weighted by Crippen LogP contribution is -1.87. The summed E-state index contributed by atoms with van der Waals surface area (Å²) in [5.74, 6) is 0. The highest BCUT2D eigenvalue weighted by Crippen LogP contribution is 2.25. The minimum absolute atomic E-state index is 0.571. The summed E-state index contributed by atoms with van der Waals surface area (Å²) in [5, 5.41) is 0. The fraction of sp³-hybridized carbons (Fsp3) is 1.00. The molecule has 0 aromatic rings. The predicted octanol–water partition coefficient (Wildman–Crippen LogP) is 1.96. The zero-order chi connectivity index (χ0) is 5.98. The van der Waals surface area contributed by atoms with Crippen LogP contribution in [0.15, 0.2) is 0 Å². The summed E-state index contributed by atoms with van der Waals surface area (Å²) in [5.41, 5.74) is 0. The van der Waals surface area contributed by atoms with Gasteiger partial charge in [0.05, 0.1) is 12.2 Å². The summed E-state index contributed by atoms with van der Waals surface area (Å²) in [7, 11) is 0. The summed E-state index contributed by atoms with van der Waals surface area (Å²) in [6.45, 7) is 4.35. The molecule has 2 atom stereocenters. The monoisotopic (exact) mass is 114 g/mol. The Balaban J connectivity index is 1.89. The first-order valence-corrected chi connectivity index (χ1v) is 3.50. The Kier molecular flexibility index (Phi) is 1.90. The van der Waals surface area contributed by atoms with Crippen molar-refractivity contribution in [1.29, 1.82) is 0 Å². The van der Waals surface area contributed by atoms with E-state index in [1.165, 1.54) is 19.3 Å². The van der Waals surface area contributed by atoms with Crippen LogP contribution in [0.3, 0.4) is 0 Å². The summed E-state index contributed by atoms with van der Waals surface area (Å²) in [6.07, 6.45) is 5.09. The van der Waals surface area contributed by atoms with Gasteiger partial charge in [0.2, 0.25) is 0 Å². The third-order valence-electron chi connectivity index (χ3n) is 1.68. The van der Waals surface area contributed by atoms with Crippen LogP contribution in [-0.4, -0.2) is 12.2 Å². The molecule has 0 saturated carbocycles. The molecule has 48 valence electrons. The SMILES string of the molecule is CCCCC1OC1C. The Labute approximate surface area is 51.0 Å². The lowest BCUT2D eigenvalue weighted by molar-refractivity contribution is 0.366. The zero-order valence-corrected chi connectivity index (χ0v) is 5.68. The fourth-order valence-electron chi connectivity index (χ4n) is 0.938. The van der Waals surface area contributed by atoms with Gasteiger partial charge in [-0.1, -0.05) is 19.8 Å². The fourth-order valence-corrected chi connectivity index (χ4v) is 0.938. The molecule has 1 aliphatic rings. The van der Waals surface area contributed by atoms with E-state index in [-0.39, 0.29) is 0 Å². The molecule has 0 N–H and O–H groups in total. The van der Waals surface area contributed by atoms with Crippen LogP contribution >= 0.6 is 0 Å². The first-order chi connectivity index (χ1) is 3.84. The summed E-state index contributed by atoms with van der Waals surface area (Å²) in [6, 6.07) is 0. The molecule has 0 aromatic carbocycles. The van der Waals surface area contributed by atoms with Crippen LogP contribution in [0.2, 0.25) is 0 Å². The molecule has 1 nitrogen and oxygen atoms in total. The van der Waals surface area contributed by atoms with E-state index < -0.39 is 0 Å². The number of ether oxygens (including phenoxy) is 1. The van der Waals surface area contributed by atoms with Crippen molar-refractivity contribution in [3.63, 3.8) is 0 Å². The van der Waals surface area contributed by atoms with Gasteiger partial charge in [0.15, 0.2) is 0 Å². The maximum Gasteiger partial charge on any atom is 0.0839 e. The van der Waals surface area contributed by atoms with Gasteiger partial charge in [-0.2, -0.15) is 0 Å². The summed E-state index contributed by atoms with van der Waals surface area (Å²) < 4.78 is 5.22. The Morgan fingerprint density at radius 1 is 1.50 bits per heavy atom. The van der Waals surface area contributed by atoms with Crippen LogP contribution < -0.4 is 0 Å². The minimum atomic E-state index is 0.571. The van der Waals surface area contributed by atoms with Gasteiger partial charge in [0.25, 0.3) is 0 Å². The Morgan fingerprint density at radius 3 is 2.50 bits per heavy atom. The van der Waals surface area contributed by atoms with Gasteiger partial charge < -0.3 is 4.74 Å². The van der Waals surface area contributed by atoms with E-state index in [1.54, 1.807) is 0 Å². The van der Waals surface area contributed by atoms with Gasteiger partial charge >= 0.3 is 0 Å². The van der Waals surface area contributed by atoms with Gasteiger partial charge in [-0.25, -0.2) is 0 Å². The van der Waals surface area contributed by atoms with Crippen molar-refractivity contribution in [2.24, 2.45) is 0 Å². The summed E-state index contributed by atoms with van der Waals surface area (Å²) in [4.78, 5) is 0. The third-order valence-corrected chi connectivity index (χ3v) is 1.68. The molecule has 8 heavy (non-hydrogen) atoms. The smallest absolute Gasteiger partial charge is 0.0839 e. The van der Waals surface area contributed by atoms with E-state index in [4.69, 9.17) is 4.74 Å². The molecular formula is C7H14O. The standard InChI is InChI=1S/C7H14O/c1-3-4-5-7-6(2)8-7/h6-7H,3-5H2,1-2H3. The number of epoxide rings is 1. The predicted molar refractivity (Wildman–Crippen MR) is 33.9 cm³/mol. The second-order valence-corrected chi connectivity index (χ2v) is 2.52. The molecule has 0 spiro atoms. The van der Waals surface area contributed by atoms with Crippen molar-refractivity contribution in [2.45, 2.75) is 45.3 Å². The molecule has 0 bridgehead atoms. The number of hydrogen-bond donors (Lipinski definition) is 0. The Bertz CT molecular complexity index is 70.8. The second kappa shape index (κ2) is 2.49. The molecule has 0 aromatic heterocycles. The maximum atomic E-state index is 5.22. The second-order valence-electron chi connectivity index (χ2n) is 2.52. The van der Waals surface area contributed by atoms with E-state index in [0.29, 0.717) is 12.2 Å². The van der Waals surface area contributed by atoms with E-state index in [9.17, 15) is 0 Å². The average molecular weight is 114 g/mol. The van der Waals surface area contributed by atoms with Crippen molar-refractivity contribution in [3.8, 4) is 0 Å². The molecule has 1 heteroatoms. The third kappa shape index (κ3) is 1.48. The van der Waals surface area contributed by atoms with Crippen LogP contribution in [-0.2, 0) is 4.74 Å². The Hall–Kier alpha value is -0.0400. The van der Waals surface area contributed by atoms with E-state index in [2.05, 4.69) is 13.8 Å². The van der Waals surface area contributed by atoms with Crippen LogP contribution in [0.1, 0.15) is 33.1 Å². The van der Waals surface area contributed by atoms with Gasteiger partial charge in [-0.3, -0.25) is 0 Å². The molecule has 0 aliphatic carbocycles. The molecule has 1 rings (SSSR count). The molecule has 0 amide bonds. The van der Waals surface area contributed by atoms with E-state index in [1.807, 2.05) is 0 Å². The molecule has 2 unspecified atom stereocenters. The molecule has 1 saturated heterocycles. The molecule has 1 aliphatic heterocycles. The maximum absolute atomic E-state index is 5.22. The Morgan fingerprint density at radius 2 is 2.12 bits per heavy atom. The topological polar surface area (TPSA) is 12.5 Å². The largest absolute Gasteiger partial charge is 0.370 e. The zero-order valence-electron chi connectivity index (χ0n) is 5.68. The number of unbranched alkanes of at least 4 members (excludes halogenated alkanes) is 1. The van der Waals surface area contributed by atoms with Crippen molar-refractivity contribution in [1.82, 2.24) is 0 Å². The summed E-state index contributed by atoms with van der Waals surface area (Å²) >= 11 is 0. The number of rotatable bonds is 3. The quantitative estimate of drug-likeness (QED) is 0.511. The minimum Gasteiger partial charge on any atom is -0.370 e. The van der Waals surface area contributed by atoms with Crippen molar-refractivity contribution in [3.05, 3.63) is 0 Å². The average Bonchev–Trinajstić information content (AvgIpc) is 2.42. The normalized spacial score (nSPS) is 35.2. The first kappa shape index (κ1) is 6.09. The van der Waals surface area contributed by atoms with Crippen molar-refractivity contribution in [2.75, 3.05) is 0 Å². The lowest BCUT2D eigenvalue weighted by atomic mass is 10.2. The van der Waals surface area contributed by atoms with Gasteiger partial charge in [0.1, 0.15) is 0 Å². The highest BCUT2D eigenvalue weighted by molar-refractivity contribution is 4.79. The van der Waals surface area contributed by atoms with Crippen molar-refractivity contribution >= 4 is 0 Å². The van der Waals surface area contributed by atoms with Crippen LogP contribution in [0.5, 0.6) is 0 Å². The van der Waals surface area contributed by atoms with Crippen LogP contribution in [0.4, 0.5) is 0 Å². The molecular weight excluding hydrogens is 100 g/mol. The molecule has 0 radical (unpaired) electrons. The highest BCUT2D eigenvalue weighted by Gasteiger charge is 2.32. The molecule has 1 heterocycles. The van der Waals surface area contributed by atoms with E-state index >= 15 is 0 Å². The lowest BCUT2D eigenvalue weighted by Gasteiger charge is -1.87. The first-order valence-electron chi connectivity index (χ1n) is 3.50. The van der Waals surface area contributed by atoms with Crippen molar-refractivity contribution < 1.29 is 4.74 Å². The van der Waals surface area contributed by atoms with Gasteiger partial charge in [-0.05, 0) is 13.3 Å². The van der Waals surface area contributed by atoms with Crippen LogP contribution in [0, 0.1) is 0 Å². The van der Waals surface area contributed by atoms with E-state index in [0.717, 1.165) is 0 Å². The molecule has 1 fully saturated rings. The van der Waals surface area contributed by atoms with Gasteiger partial charge in [0, 0.05) is 0 Å². The van der Waals surface area contributed by atoms with Crippen LogP contribution in [0.25, 0.3) is 0 Å².